The number of ether oxygens (including phenoxy) is 1. The molecule has 19 heavy (non-hydrogen) atoms. The largest absolute Gasteiger partial charge is 0.494 e. The molecule has 4 nitrogen and oxygen atoms in total. The van der Waals surface area contributed by atoms with Crippen LogP contribution in [-0.4, -0.2) is 17.5 Å². The Bertz CT molecular complexity index is 487. The smallest absolute Gasteiger partial charge is 0.119 e. The maximum Gasteiger partial charge on any atom is 0.119 e. The van der Waals surface area contributed by atoms with Crippen LogP contribution in [-0.2, 0) is 0 Å². The lowest BCUT2D eigenvalue weighted by atomic mass is 9.90. The zero-order chi connectivity index (χ0) is 14.3. The Morgan fingerprint density at radius 2 is 2.21 bits per heavy atom. The van der Waals surface area contributed by atoms with Gasteiger partial charge in [-0.3, -0.25) is 0 Å². The van der Waals surface area contributed by atoms with Crippen LogP contribution < -0.4 is 4.74 Å². The summed E-state index contributed by atoms with van der Waals surface area (Å²) in [5, 5.41) is 20.8. The van der Waals surface area contributed by atoms with Crippen molar-refractivity contribution < 1.29 is 9.94 Å². The monoisotopic (exact) mass is 260 g/mol. The highest BCUT2D eigenvalue weighted by atomic mass is 16.5. The molecule has 0 atom stereocenters. The molecule has 102 valence electrons. The Balaban J connectivity index is 2.49. The third kappa shape index (κ3) is 5.01. The second-order valence-corrected chi connectivity index (χ2v) is 5.16. The summed E-state index contributed by atoms with van der Waals surface area (Å²) < 4.78 is 5.64. The molecule has 1 aromatic rings. The van der Waals surface area contributed by atoms with E-state index in [2.05, 4.69) is 11.2 Å². The molecular formula is C15H20N2O2. The molecule has 0 spiro atoms. The van der Waals surface area contributed by atoms with Gasteiger partial charge in [0.1, 0.15) is 5.75 Å². The molecule has 0 aliphatic carbocycles. The van der Waals surface area contributed by atoms with Crippen LogP contribution in [0.25, 0.3) is 0 Å². The van der Waals surface area contributed by atoms with E-state index in [4.69, 9.17) is 15.2 Å². The number of rotatable bonds is 6. The van der Waals surface area contributed by atoms with E-state index in [1.54, 1.807) is 6.92 Å². The fourth-order valence-corrected chi connectivity index (χ4v) is 1.63. The highest BCUT2D eigenvalue weighted by Gasteiger charge is 2.15. The van der Waals surface area contributed by atoms with Gasteiger partial charge >= 0.3 is 0 Å². The first-order valence-corrected chi connectivity index (χ1v) is 6.31. The van der Waals surface area contributed by atoms with Gasteiger partial charge in [-0.2, -0.15) is 5.26 Å². The van der Waals surface area contributed by atoms with Gasteiger partial charge in [-0.05, 0) is 45.7 Å². The first-order chi connectivity index (χ1) is 8.98. The van der Waals surface area contributed by atoms with Crippen molar-refractivity contribution in [3.05, 3.63) is 29.8 Å². The fraction of sp³-hybridized carbons (Fsp3) is 0.467. The average Bonchev–Trinajstić information content (AvgIpc) is 2.43. The van der Waals surface area contributed by atoms with E-state index < -0.39 is 0 Å². The van der Waals surface area contributed by atoms with E-state index in [1.165, 1.54) is 0 Å². The first-order valence-electron chi connectivity index (χ1n) is 6.31. The van der Waals surface area contributed by atoms with Crippen molar-refractivity contribution in [2.24, 2.45) is 10.6 Å². The minimum Gasteiger partial charge on any atom is -0.494 e. The van der Waals surface area contributed by atoms with E-state index in [-0.39, 0.29) is 5.41 Å². The topological polar surface area (TPSA) is 65.6 Å². The molecule has 0 radical (unpaired) electrons. The minimum absolute atomic E-state index is 0.300. The predicted molar refractivity (Wildman–Crippen MR) is 74.6 cm³/mol. The summed E-state index contributed by atoms with van der Waals surface area (Å²) in [5.41, 5.74) is 1.08. The van der Waals surface area contributed by atoms with Gasteiger partial charge < -0.3 is 9.94 Å². The highest BCUT2D eigenvalue weighted by molar-refractivity contribution is 5.98. The molecule has 0 saturated carbocycles. The van der Waals surface area contributed by atoms with Crippen LogP contribution in [0.5, 0.6) is 5.75 Å². The molecule has 0 amide bonds. The van der Waals surface area contributed by atoms with Crippen molar-refractivity contribution in [3.8, 4) is 11.8 Å². The van der Waals surface area contributed by atoms with Crippen LogP contribution in [0.2, 0.25) is 0 Å². The third-order valence-electron chi connectivity index (χ3n) is 2.92. The molecule has 0 fully saturated rings. The van der Waals surface area contributed by atoms with E-state index in [0.717, 1.165) is 24.2 Å². The molecular weight excluding hydrogens is 240 g/mol. The van der Waals surface area contributed by atoms with Gasteiger partial charge in [-0.25, -0.2) is 0 Å². The zero-order valence-electron chi connectivity index (χ0n) is 11.7. The van der Waals surface area contributed by atoms with Crippen LogP contribution in [0.3, 0.4) is 0 Å². The average molecular weight is 260 g/mol. The van der Waals surface area contributed by atoms with Gasteiger partial charge in [0.05, 0.1) is 23.8 Å². The van der Waals surface area contributed by atoms with Crippen molar-refractivity contribution in [1.82, 2.24) is 0 Å². The lowest BCUT2D eigenvalue weighted by Crippen LogP contribution is -2.10. The summed E-state index contributed by atoms with van der Waals surface area (Å²) in [5.74, 6) is 0.746. The van der Waals surface area contributed by atoms with Crippen molar-refractivity contribution in [2.75, 3.05) is 6.61 Å². The standard InChI is InChI=1S/C15H20N2O2/c1-12(17-18)13-6-4-7-14(10-13)19-9-5-8-15(2,3)11-16/h4,6-7,10,18H,5,8-9H2,1-3H3. The van der Waals surface area contributed by atoms with Crippen LogP contribution in [0.4, 0.5) is 0 Å². The summed E-state index contributed by atoms with van der Waals surface area (Å²) in [6.07, 6.45) is 1.64. The maximum absolute atomic E-state index is 8.91. The molecule has 0 unspecified atom stereocenters. The lowest BCUT2D eigenvalue weighted by molar-refractivity contribution is 0.284. The normalized spacial score (nSPS) is 12.0. The minimum atomic E-state index is -0.300. The maximum atomic E-state index is 8.91. The Kier molecular flexibility index (Phi) is 5.37. The number of hydrogen-bond donors (Lipinski definition) is 1. The van der Waals surface area contributed by atoms with Crippen LogP contribution >= 0.6 is 0 Å². The van der Waals surface area contributed by atoms with Gasteiger partial charge in [0, 0.05) is 5.56 Å². The van der Waals surface area contributed by atoms with E-state index in [0.29, 0.717) is 12.3 Å². The van der Waals surface area contributed by atoms with Gasteiger partial charge in [-0.15, -0.1) is 0 Å². The summed E-state index contributed by atoms with van der Waals surface area (Å²) >= 11 is 0. The van der Waals surface area contributed by atoms with Gasteiger partial charge in [-0.1, -0.05) is 17.3 Å². The number of benzene rings is 1. The molecule has 0 saturated heterocycles. The van der Waals surface area contributed by atoms with Crippen molar-refractivity contribution in [1.29, 1.82) is 5.26 Å². The van der Waals surface area contributed by atoms with E-state index in [9.17, 15) is 0 Å². The van der Waals surface area contributed by atoms with E-state index in [1.807, 2.05) is 38.1 Å². The van der Waals surface area contributed by atoms with E-state index >= 15 is 0 Å². The van der Waals surface area contributed by atoms with Crippen molar-refractivity contribution >= 4 is 5.71 Å². The molecule has 0 heterocycles. The predicted octanol–water partition coefficient (Wildman–Crippen LogP) is 3.59. The Morgan fingerprint density at radius 3 is 2.84 bits per heavy atom. The number of hydrogen-bond acceptors (Lipinski definition) is 4. The Labute approximate surface area is 114 Å². The van der Waals surface area contributed by atoms with Crippen LogP contribution in [0.1, 0.15) is 39.2 Å². The third-order valence-corrected chi connectivity index (χ3v) is 2.92. The quantitative estimate of drug-likeness (QED) is 0.368. The second kappa shape index (κ2) is 6.79. The summed E-state index contributed by atoms with van der Waals surface area (Å²) in [7, 11) is 0. The molecule has 4 heteroatoms. The van der Waals surface area contributed by atoms with Gasteiger partial charge in [0.2, 0.25) is 0 Å². The van der Waals surface area contributed by atoms with Crippen molar-refractivity contribution in [2.45, 2.75) is 33.6 Å². The van der Waals surface area contributed by atoms with Crippen LogP contribution in [0, 0.1) is 16.7 Å². The summed E-state index contributed by atoms with van der Waals surface area (Å²) in [4.78, 5) is 0. The Hall–Kier alpha value is -2.02. The zero-order valence-corrected chi connectivity index (χ0v) is 11.7. The van der Waals surface area contributed by atoms with Gasteiger partial charge in [0.15, 0.2) is 0 Å². The fourth-order valence-electron chi connectivity index (χ4n) is 1.63. The SMILES string of the molecule is CC(=NO)c1cccc(OCCCC(C)(C)C#N)c1. The van der Waals surface area contributed by atoms with Gasteiger partial charge in [0.25, 0.3) is 0 Å². The molecule has 0 aromatic heterocycles. The summed E-state index contributed by atoms with van der Waals surface area (Å²) in [6.45, 7) is 6.15. The number of nitriles is 1. The first kappa shape index (κ1) is 15.0. The molecule has 1 aromatic carbocycles. The summed E-state index contributed by atoms with van der Waals surface area (Å²) in [6, 6.07) is 9.70. The molecule has 1 rings (SSSR count). The molecule has 0 aliphatic heterocycles. The lowest BCUT2D eigenvalue weighted by Gasteiger charge is -2.14. The molecule has 1 N–H and O–H groups in total. The molecule has 0 bridgehead atoms. The van der Waals surface area contributed by atoms with Crippen LogP contribution in [0.15, 0.2) is 29.4 Å². The highest BCUT2D eigenvalue weighted by Crippen LogP contribution is 2.21. The molecule has 0 aliphatic rings. The van der Waals surface area contributed by atoms with Crippen molar-refractivity contribution in [3.63, 3.8) is 0 Å². The second-order valence-electron chi connectivity index (χ2n) is 5.16. The number of nitrogens with zero attached hydrogens (tertiary/aromatic N) is 2. The number of oxime groups is 1. The Morgan fingerprint density at radius 1 is 1.47 bits per heavy atom.